The number of nitrogens with one attached hydrogen (secondary N) is 1. The maximum Gasteiger partial charge on any atom is 0.248 e. The number of nitrogens with zero attached hydrogens (tertiary/aromatic N) is 1. The van der Waals surface area contributed by atoms with E-state index >= 15 is 0 Å². The van der Waals surface area contributed by atoms with Crippen LogP contribution in [0.1, 0.15) is 10.6 Å². The Bertz CT molecular complexity index is 993. The van der Waals surface area contributed by atoms with E-state index in [1.807, 2.05) is 54.8 Å². The maximum atomic E-state index is 12.2. The van der Waals surface area contributed by atoms with Gasteiger partial charge in [0, 0.05) is 22.7 Å². The van der Waals surface area contributed by atoms with Crippen molar-refractivity contribution in [3.05, 3.63) is 64.5 Å². The lowest BCUT2D eigenvalue weighted by molar-refractivity contribution is -0.111. The van der Waals surface area contributed by atoms with Crippen molar-refractivity contribution in [3.8, 4) is 22.8 Å². The van der Waals surface area contributed by atoms with E-state index in [1.54, 1.807) is 17.4 Å². The van der Waals surface area contributed by atoms with Crippen LogP contribution in [0.4, 0.5) is 5.69 Å². The number of fused-ring (bicyclic) bond motifs is 1. The van der Waals surface area contributed by atoms with Crippen molar-refractivity contribution >= 4 is 29.0 Å². The van der Waals surface area contributed by atoms with Crippen LogP contribution in [0.2, 0.25) is 0 Å². The molecule has 5 nitrogen and oxygen atoms in total. The number of carbonyl (C=O) groups is 1. The molecule has 6 heteroatoms. The van der Waals surface area contributed by atoms with Crippen LogP contribution >= 0.6 is 11.3 Å². The Balaban J connectivity index is 1.39. The second kappa shape index (κ2) is 7.63. The number of amides is 1. The molecule has 1 aliphatic heterocycles. The van der Waals surface area contributed by atoms with E-state index in [4.69, 9.17) is 9.47 Å². The van der Waals surface area contributed by atoms with Crippen LogP contribution < -0.4 is 14.8 Å². The summed E-state index contributed by atoms with van der Waals surface area (Å²) < 4.78 is 11.0. The van der Waals surface area contributed by atoms with E-state index in [1.165, 1.54) is 6.08 Å². The number of anilines is 1. The number of ether oxygens (including phenoxy) is 2. The first kappa shape index (κ1) is 17.3. The normalized spacial score (nSPS) is 12.9. The second-order valence-corrected chi connectivity index (χ2v) is 7.12. The first-order valence-corrected chi connectivity index (χ1v) is 9.47. The Morgan fingerprint density at radius 3 is 2.63 bits per heavy atom. The van der Waals surface area contributed by atoms with E-state index in [-0.39, 0.29) is 5.91 Å². The first-order chi connectivity index (χ1) is 13.2. The Kier molecular flexibility index (Phi) is 4.89. The van der Waals surface area contributed by atoms with Crippen LogP contribution in [0.3, 0.4) is 0 Å². The fourth-order valence-electron chi connectivity index (χ4n) is 2.74. The summed E-state index contributed by atoms with van der Waals surface area (Å²) in [5.41, 5.74) is 3.60. The van der Waals surface area contributed by atoms with E-state index in [0.717, 1.165) is 33.3 Å². The van der Waals surface area contributed by atoms with Crippen LogP contribution in [0.25, 0.3) is 17.3 Å². The van der Waals surface area contributed by atoms with Gasteiger partial charge in [-0.05, 0) is 42.8 Å². The van der Waals surface area contributed by atoms with Gasteiger partial charge in [-0.15, -0.1) is 11.3 Å². The summed E-state index contributed by atoms with van der Waals surface area (Å²) in [5.74, 6) is 1.25. The standard InChI is InChI=1S/C21H18N2O3S/c1-14-22-18(13-27-14)16-4-6-17(7-5-16)23-21(24)9-3-15-2-8-19-20(12-15)26-11-10-25-19/h2-9,12-13H,10-11H2,1H3,(H,23,24)/b9-3+. The predicted octanol–water partition coefficient (Wildman–Crippen LogP) is 4.54. The lowest BCUT2D eigenvalue weighted by Gasteiger charge is -2.18. The highest BCUT2D eigenvalue weighted by Gasteiger charge is 2.11. The molecule has 1 aliphatic rings. The van der Waals surface area contributed by atoms with Gasteiger partial charge in [0.05, 0.1) is 10.7 Å². The minimum Gasteiger partial charge on any atom is -0.486 e. The lowest BCUT2D eigenvalue weighted by atomic mass is 10.1. The average molecular weight is 378 g/mol. The molecule has 4 rings (SSSR count). The van der Waals surface area contributed by atoms with Crippen molar-refractivity contribution in [1.29, 1.82) is 0 Å². The number of carbonyl (C=O) groups excluding carboxylic acids is 1. The Labute approximate surface area is 161 Å². The molecule has 1 amide bonds. The SMILES string of the molecule is Cc1nc(-c2ccc(NC(=O)/C=C/c3ccc4c(c3)OCCO4)cc2)cs1. The summed E-state index contributed by atoms with van der Waals surface area (Å²) in [4.78, 5) is 16.6. The highest BCUT2D eigenvalue weighted by molar-refractivity contribution is 7.09. The maximum absolute atomic E-state index is 12.2. The van der Waals surface area contributed by atoms with Gasteiger partial charge in [-0.1, -0.05) is 18.2 Å². The molecule has 0 saturated carbocycles. The molecule has 2 aromatic carbocycles. The molecule has 0 unspecified atom stereocenters. The van der Waals surface area contributed by atoms with Crippen LogP contribution in [0.5, 0.6) is 11.5 Å². The van der Waals surface area contributed by atoms with Gasteiger partial charge in [-0.25, -0.2) is 4.98 Å². The number of benzene rings is 2. The number of rotatable bonds is 4. The predicted molar refractivity (Wildman–Crippen MR) is 107 cm³/mol. The van der Waals surface area contributed by atoms with Crippen molar-refractivity contribution in [3.63, 3.8) is 0 Å². The second-order valence-electron chi connectivity index (χ2n) is 6.05. The van der Waals surface area contributed by atoms with Gasteiger partial charge in [0.2, 0.25) is 5.91 Å². The monoisotopic (exact) mass is 378 g/mol. The molecular weight excluding hydrogens is 360 g/mol. The third kappa shape index (κ3) is 4.17. The Morgan fingerprint density at radius 1 is 1.11 bits per heavy atom. The quantitative estimate of drug-likeness (QED) is 0.677. The number of hydrogen-bond acceptors (Lipinski definition) is 5. The molecule has 27 heavy (non-hydrogen) atoms. The smallest absolute Gasteiger partial charge is 0.248 e. The van der Waals surface area contributed by atoms with Gasteiger partial charge < -0.3 is 14.8 Å². The third-order valence-corrected chi connectivity index (χ3v) is 4.83. The van der Waals surface area contributed by atoms with E-state index in [0.29, 0.717) is 19.0 Å². The van der Waals surface area contributed by atoms with Gasteiger partial charge in [-0.3, -0.25) is 4.79 Å². The van der Waals surface area contributed by atoms with Crippen molar-refractivity contribution in [1.82, 2.24) is 4.98 Å². The summed E-state index contributed by atoms with van der Waals surface area (Å²) in [6.07, 6.45) is 3.25. The van der Waals surface area contributed by atoms with Crippen molar-refractivity contribution in [2.24, 2.45) is 0 Å². The zero-order valence-corrected chi connectivity index (χ0v) is 15.6. The number of aryl methyl sites for hydroxylation is 1. The van der Waals surface area contributed by atoms with Crippen LogP contribution in [0.15, 0.2) is 53.9 Å². The third-order valence-electron chi connectivity index (χ3n) is 4.06. The largest absolute Gasteiger partial charge is 0.486 e. The summed E-state index contributed by atoms with van der Waals surface area (Å²) in [6, 6.07) is 13.3. The Hall–Kier alpha value is -3.12. The highest BCUT2D eigenvalue weighted by Crippen LogP contribution is 2.31. The van der Waals surface area contributed by atoms with Gasteiger partial charge >= 0.3 is 0 Å². The topological polar surface area (TPSA) is 60.5 Å². The zero-order chi connectivity index (χ0) is 18.6. The van der Waals surface area contributed by atoms with Gasteiger partial charge in [0.1, 0.15) is 13.2 Å². The molecule has 0 bridgehead atoms. The van der Waals surface area contributed by atoms with Crippen molar-refractivity contribution < 1.29 is 14.3 Å². The van der Waals surface area contributed by atoms with E-state index in [9.17, 15) is 4.79 Å². The molecule has 0 aliphatic carbocycles. The van der Waals surface area contributed by atoms with Crippen LogP contribution in [-0.2, 0) is 4.79 Å². The van der Waals surface area contributed by atoms with Crippen molar-refractivity contribution in [2.45, 2.75) is 6.92 Å². The molecule has 0 spiro atoms. The zero-order valence-electron chi connectivity index (χ0n) is 14.8. The Morgan fingerprint density at radius 2 is 1.89 bits per heavy atom. The highest BCUT2D eigenvalue weighted by atomic mass is 32.1. The molecule has 0 saturated heterocycles. The molecular formula is C21H18N2O3S. The summed E-state index contributed by atoms with van der Waals surface area (Å²) in [7, 11) is 0. The minimum atomic E-state index is -0.192. The van der Waals surface area contributed by atoms with Crippen LogP contribution in [0, 0.1) is 6.92 Å². The number of hydrogen-bond donors (Lipinski definition) is 1. The molecule has 136 valence electrons. The van der Waals surface area contributed by atoms with Crippen LogP contribution in [-0.4, -0.2) is 24.1 Å². The van der Waals surface area contributed by atoms with Gasteiger partial charge in [0.15, 0.2) is 11.5 Å². The van der Waals surface area contributed by atoms with Crippen molar-refractivity contribution in [2.75, 3.05) is 18.5 Å². The number of aromatic nitrogens is 1. The minimum absolute atomic E-state index is 0.192. The molecule has 1 aromatic heterocycles. The summed E-state index contributed by atoms with van der Waals surface area (Å²) >= 11 is 1.62. The molecule has 3 aromatic rings. The van der Waals surface area contributed by atoms with Gasteiger partial charge in [0.25, 0.3) is 0 Å². The lowest BCUT2D eigenvalue weighted by Crippen LogP contribution is -2.15. The van der Waals surface area contributed by atoms with E-state index < -0.39 is 0 Å². The fraction of sp³-hybridized carbons (Fsp3) is 0.143. The molecule has 0 radical (unpaired) electrons. The van der Waals surface area contributed by atoms with Gasteiger partial charge in [-0.2, -0.15) is 0 Å². The molecule has 1 N–H and O–H groups in total. The fourth-order valence-corrected chi connectivity index (χ4v) is 3.36. The molecule has 0 fully saturated rings. The first-order valence-electron chi connectivity index (χ1n) is 8.59. The number of thiazole rings is 1. The van der Waals surface area contributed by atoms with E-state index in [2.05, 4.69) is 10.3 Å². The molecule has 2 heterocycles. The molecule has 0 atom stereocenters. The summed E-state index contributed by atoms with van der Waals surface area (Å²) in [5, 5.41) is 5.92. The average Bonchev–Trinajstić information content (AvgIpc) is 3.13. The summed E-state index contributed by atoms with van der Waals surface area (Å²) in [6.45, 7) is 3.08.